The number of anilines is 1. The van der Waals surface area contributed by atoms with E-state index in [0.717, 1.165) is 30.8 Å². The summed E-state index contributed by atoms with van der Waals surface area (Å²) >= 11 is 0. The van der Waals surface area contributed by atoms with Gasteiger partial charge in [-0.05, 0) is 46.0 Å². The average molecular weight is 252 g/mol. The van der Waals surface area contributed by atoms with Crippen LogP contribution in [0.25, 0.3) is 0 Å². The highest BCUT2D eigenvalue weighted by Gasteiger charge is 2.36. The minimum absolute atomic E-state index is 0. The predicted molar refractivity (Wildman–Crippen MR) is 76.7 cm³/mol. The van der Waals surface area contributed by atoms with E-state index in [1.54, 1.807) is 12.1 Å². The zero-order valence-corrected chi connectivity index (χ0v) is 11.8. The molecule has 0 amide bonds. The summed E-state index contributed by atoms with van der Waals surface area (Å²) in [5.74, 6) is -0.0767. The first-order valence-electron chi connectivity index (χ1n) is 6.67. The van der Waals surface area contributed by atoms with Crippen LogP contribution in [0.15, 0.2) is 18.2 Å². The standard InChI is InChI=1S/C15H23FN2.H2/c1-11(2)18(4)9-8-15(3)10-17-13-7-5-6-12(16)14(13)15;/h5-7,11,17H,8-10H2,1-4H3;1H. The molecular weight excluding hydrogens is 227 g/mol. The fourth-order valence-corrected chi connectivity index (χ4v) is 2.56. The first kappa shape index (κ1) is 13.3. The highest BCUT2D eigenvalue weighted by Crippen LogP contribution is 2.40. The van der Waals surface area contributed by atoms with Crippen LogP contribution >= 0.6 is 0 Å². The van der Waals surface area contributed by atoms with Crippen molar-refractivity contribution in [3.63, 3.8) is 0 Å². The molecule has 0 aliphatic carbocycles. The van der Waals surface area contributed by atoms with Crippen molar-refractivity contribution in [1.82, 2.24) is 4.90 Å². The molecule has 0 saturated heterocycles. The van der Waals surface area contributed by atoms with Crippen LogP contribution in [0.5, 0.6) is 0 Å². The summed E-state index contributed by atoms with van der Waals surface area (Å²) in [6.45, 7) is 8.34. The van der Waals surface area contributed by atoms with Crippen molar-refractivity contribution in [3.8, 4) is 0 Å². The summed E-state index contributed by atoms with van der Waals surface area (Å²) in [6.07, 6.45) is 0.975. The summed E-state index contributed by atoms with van der Waals surface area (Å²) < 4.78 is 14.0. The number of nitrogens with one attached hydrogen (secondary N) is 1. The van der Waals surface area contributed by atoms with E-state index in [-0.39, 0.29) is 12.7 Å². The predicted octanol–water partition coefficient (Wildman–Crippen LogP) is 3.49. The smallest absolute Gasteiger partial charge is 0.129 e. The van der Waals surface area contributed by atoms with Crippen LogP contribution < -0.4 is 5.32 Å². The Labute approximate surface area is 111 Å². The van der Waals surface area contributed by atoms with Gasteiger partial charge >= 0.3 is 0 Å². The normalized spacial score (nSPS) is 22.4. The van der Waals surface area contributed by atoms with Gasteiger partial charge in [0.05, 0.1) is 0 Å². The second kappa shape index (κ2) is 4.88. The van der Waals surface area contributed by atoms with Gasteiger partial charge in [-0.15, -0.1) is 0 Å². The zero-order chi connectivity index (χ0) is 13.3. The number of nitrogens with zero attached hydrogens (tertiary/aromatic N) is 1. The Morgan fingerprint density at radius 2 is 2.22 bits per heavy atom. The minimum atomic E-state index is -0.0934. The van der Waals surface area contributed by atoms with Crippen molar-refractivity contribution in [2.24, 2.45) is 0 Å². The van der Waals surface area contributed by atoms with Crippen LogP contribution in [-0.4, -0.2) is 31.1 Å². The van der Waals surface area contributed by atoms with E-state index >= 15 is 0 Å². The molecule has 1 N–H and O–H groups in total. The highest BCUT2D eigenvalue weighted by atomic mass is 19.1. The first-order chi connectivity index (χ1) is 8.44. The summed E-state index contributed by atoms with van der Waals surface area (Å²) in [5.41, 5.74) is 1.73. The molecule has 2 rings (SSSR count). The van der Waals surface area contributed by atoms with Gasteiger partial charge in [0, 0.05) is 30.7 Å². The van der Waals surface area contributed by atoms with Gasteiger partial charge in [-0.2, -0.15) is 0 Å². The molecule has 1 aromatic rings. The Balaban J connectivity index is 0.00000180. The number of fused-ring (bicyclic) bond motifs is 1. The molecule has 0 spiro atoms. The molecule has 3 heteroatoms. The quantitative estimate of drug-likeness (QED) is 0.882. The summed E-state index contributed by atoms with van der Waals surface area (Å²) in [5, 5.41) is 3.33. The van der Waals surface area contributed by atoms with E-state index in [2.05, 4.69) is 38.0 Å². The second-order valence-electron chi connectivity index (χ2n) is 5.90. The van der Waals surface area contributed by atoms with Crippen molar-refractivity contribution in [3.05, 3.63) is 29.6 Å². The fourth-order valence-electron chi connectivity index (χ4n) is 2.56. The van der Waals surface area contributed by atoms with Crippen molar-refractivity contribution in [2.45, 2.75) is 38.6 Å². The Kier molecular flexibility index (Phi) is 3.62. The molecule has 0 bridgehead atoms. The van der Waals surface area contributed by atoms with E-state index in [1.165, 1.54) is 0 Å². The van der Waals surface area contributed by atoms with E-state index in [9.17, 15) is 4.39 Å². The molecule has 0 aromatic heterocycles. The number of hydrogen-bond acceptors (Lipinski definition) is 2. The maximum Gasteiger partial charge on any atom is 0.129 e. The molecule has 1 heterocycles. The molecule has 0 saturated carbocycles. The van der Waals surface area contributed by atoms with Gasteiger partial charge in [0.1, 0.15) is 5.82 Å². The molecule has 1 aliphatic rings. The maximum absolute atomic E-state index is 14.0. The van der Waals surface area contributed by atoms with Gasteiger partial charge < -0.3 is 10.2 Å². The number of benzene rings is 1. The van der Waals surface area contributed by atoms with Crippen LogP contribution in [0.1, 0.15) is 34.2 Å². The van der Waals surface area contributed by atoms with Crippen LogP contribution in [0.2, 0.25) is 0 Å². The monoisotopic (exact) mass is 252 g/mol. The van der Waals surface area contributed by atoms with Gasteiger partial charge in [0.25, 0.3) is 0 Å². The molecule has 2 nitrogen and oxygen atoms in total. The third kappa shape index (κ3) is 2.37. The van der Waals surface area contributed by atoms with E-state index < -0.39 is 0 Å². The van der Waals surface area contributed by atoms with Gasteiger partial charge in [0.15, 0.2) is 0 Å². The number of rotatable bonds is 4. The molecular formula is C15H25FN2. The van der Waals surface area contributed by atoms with Gasteiger partial charge in [0.2, 0.25) is 0 Å². The van der Waals surface area contributed by atoms with Crippen LogP contribution in [-0.2, 0) is 5.41 Å². The summed E-state index contributed by atoms with van der Waals surface area (Å²) in [7, 11) is 2.12. The number of halogens is 1. The van der Waals surface area contributed by atoms with Crippen LogP contribution in [0.3, 0.4) is 0 Å². The van der Waals surface area contributed by atoms with Crippen molar-refractivity contribution >= 4 is 5.69 Å². The number of hydrogen-bond donors (Lipinski definition) is 1. The second-order valence-corrected chi connectivity index (χ2v) is 5.90. The van der Waals surface area contributed by atoms with Crippen LogP contribution in [0.4, 0.5) is 10.1 Å². The SMILES string of the molecule is CC(C)N(C)CCC1(C)CNc2cccc(F)c21.[HH]. The molecule has 102 valence electrons. The Hall–Kier alpha value is -1.09. The topological polar surface area (TPSA) is 15.3 Å². The molecule has 0 radical (unpaired) electrons. The fraction of sp³-hybridized carbons (Fsp3) is 0.600. The van der Waals surface area contributed by atoms with Gasteiger partial charge in [-0.25, -0.2) is 4.39 Å². The van der Waals surface area contributed by atoms with E-state index in [4.69, 9.17) is 0 Å². The lowest BCUT2D eigenvalue weighted by Crippen LogP contribution is -2.34. The molecule has 0 fully saturated rings. The third-order valence-corrected chi connectivity index (χ3v) is 4.18. The minimum Gasteiger partial charge on any atom is -0.384 e. The molecule has 18 heavy (non-hydrogen) atoms. The average Bonchev–Trinajstić information content (AvgIpc) is 2.66. The van der Waals surface area contributed by atoms with Crippen LogP contribution in [0, 0.1) is 5.82 Å². The Bertz CT molecular complexity index is 436. The Morgan fingerprint density at radius 3 is 2.89 bits per heavy atom. The highest BCUT2D eigenvalue weighted by molar-refractivity contribution is 5.60. The first-order valence-corrected chi connectivity index (χ1v) is 6.67. The van der Waals surface area contributed by atoms with E-state index in [1.807, 2.05) is 6.07 Å². The molecule has 1 aliphatic heterocycles. The van der Waals surface area contributed by atoms with Gasteiger partial charge in [-0.1, -0.05) is 13.0 Å². The maximum atomic E-state index is 14.0. The van der Waals surface area contributed by atoms with Gasteiger partial charge in [-0.3, -0.25) is 0 Å². The molecule has 1 aromatic carbocycles. The molecule has 1 atom stereocenters. The summed E-state index contributed by atoms with van der Waals surface area (Å²) in [4.78, 5) is 2.31. The lowest BCUT2D eigenvalue weighted by atomic mass is 9.81. The lowest BCUT2D eigenvalue weighted by molar-refractivity contribution is 0.246. The van der Waals surface area contributed by atoms with Crippen molar-refractivity contribution in [2.75, 3.05) is 25.5 Å². The van der Waals surface area contributed by atoms with E-state index in [0.29, 0.717) is 6.04 Å². The summed E-state index contributed by atoms with van der Waals surface area (Å²) in [6, 6.07) is 5.84. The lowest BCUT2D eigenvalue weighted by Gasteiger charge is -2.29. The molecule has 1 unspecified atom stereocenters. The largest absolute Gasteiger partial charge is 0.384 e. The zero-order valence-electron chi connectivity index (χ0n) is 11.8. The van der Waals surface area contributed by atoms with Crippen molar-refractivity contribution in [1.29, 1.82) is 0 Å². The third-order valence-electron chi connectivity index (χ3n) is 4.18. The Morgan fingerprint density at radius 1 is 1.50 bits per heavy atom. The van der Waals surface area contributed by atoms with Crippen molar-refractivity contribution < 1.29 is 5.82 Å².